The molecule has 0 saturated heterocycles. The molecule has 33 heavy (non-hydrogen) atoms. The number of aliphatic carboxylic acids is 2. The van der Waals surface area contributed by atoms with Gasteiger partial charge in [0.05, 0.1) is 6.61 Å². The number of unbranched alkanes of at least 4 members (excludes halogenated alkanes) is 8. The summed E-state index contributed by atoms with van der Waals surface area (Å²) in [7, 11) is 0. The molecule has 1 aromatic rings. The molecule has 0 spiro atoms. The van der Waals surface area contributed by atoms with E-state index < -0.39 is 23.0 Å². The van der Waals surface area contributed by atoms with Gasteiger partial charge >= 0.3 is 18.1 Å². The van der Waals surface area contributed by atoms with Gasteiger partial charge in [0.2, 0.25) is 5.91 Å². The first-order valence-corrected chi connectivity index (χ1v) is 12.0. The fraction of sp³-hybridized carbons (Fsp3) is 0.682. The normalized spacial score (nSPS) is 11.4. The van der Waals surface area contributed by atoms with Crippen LogP contribution in [-0.4, -0.2) is 34.7 Å². The summed E-state index contributed by atoms with van der Waals surface area (Å²) < 4.78 is 44.4. The highest BCUT2D eigenvalue weighted by Crippen LogP contribution is 2.43. The van der Waals surface area contributed by atoms with Crippen LogP contribution in [0.25, 0.3) is 0 Å². The van der Waals surface area contributed by atoms with Crippen LogP contribution in [0.2, 0.25) is 0 Å². The maximum Gasteiger partial charge on any atom is 0.425 e. The molecule has 0 unspecified atom stereocenters. The smallest absolute Gasteiger partial charge is 0.425 e. The van der Waals surface area contributed by atoms with Crippen molar-refractivity contribution in [1.29, 1.82) is 0 Å². The fourth-order valence-electron chi connectivity index (χ4n) is 3.10. The first kappa shape index (κ1) is 28.7. The number of carboxylic acid groups (broad SMARTS) is 2. The van der Waals surface area contributed by atoms with Gasteiger partial charge in [-0.3, -0.25) is 14.4 Å². The molecular formula is C22H32F3NO6S. The lowest BCUT2D eigenvalue weighted by Crippen LogP contribution is -2.11. The van der Waals surface area contributed by atoms with Crippen LogP contribution >= 0.6 is 11.3 Å². The Bertz CT molecular complexity index is 751. The van der Waals surface area contributed by atoms with Gasteiger partial charge in [-0.05, 0) is 19.3 Å². The molecule has 0 aliphatic heterocycles. The Hall–Kier alpha value is -2.30. The molecule has 0 aliphatic carbocycles. The molecule has 188 valence electrons. The van der Waals surface area contributed by atoms with Crippen molar-refractivity contribution < 1.29 is 42.5 Å². The van der Waals surface area contributed by atoms with E-state index in [0.717, 1.165) is 51.0 Å². The number of carboxylic acids is 2. The van der Waals surface area contributed by atoms with Gasteiger partial charge in [-0.25, -0.2) is 0 Å². The number of ether oxygens (including phenoxy) is 1. The van der Waals surface area contributed by atoms with Crippen molar-refractivity contribution in [2.45, 2.75) is 89.6 Å². The van der Waals surface area contributed by atoms with Crippen LogP contribution < -0.4 is 10.1 Å². The van der Waals surface area contributed by atoms with E-state index in [1.165, 1.54) is 0 Å². The zero-order valence-corrected chi connectivity index (χ0v) is 19.4. The van der Waals surface area contributed by atoms with Crippen molar-refractivity contribution in [2.75, 3.05) is 11.9 Å². The summed E-state index contributed by atoms with van der Waals surface area (Å²) >= 11 is 0.388. The molecule has 0 saturated carbocycles. The predicted molar refractivity (Wildman–Crippen MR) is 119 cm³/mol. The Morgan fingerprint density at radius 3 is 1.82 bits per heavy atom. The molecule has 1 aromatic heterocycles. The van der Waals surface area contributed by atoms with E-state index in [4.69, 9.17) is 14.9 Å². The second-order valence-electron chi connectivity index (χ2n) is 7.77. The highest BCUT2D eigenvalue weighted by atomic mass is 32.1. The van der Waals surface area contributed by atoms with Gasteiger partial charge in [0.1, 0.15) is 9.88 Å². The van der Waals surface area contributed by atoms with Crippen molar-refractivity contribution in [3.05, 3.63) is 10.9 Å². The van der Waals surface area contributed by atoms with Gasteiger partial charge in [-0.1, -0.05) is 44.9 Å². The lowest BCUT2D eigenvalue weighted by molar-refractivity contribution is -0.138. The Morgan fingerprint density at radius 2 is 1.30 bits per heavy atom. The molecule has 0 fully saturated rings. The van der Waals surface area contributed by atoms with E-state index in [0.29, 0.717) is 24.2 Å². The Morgan fingerprint density at radius 1 is 0.818 bits per heavy atom. The number of hydrogen-bond acceptors (Lipinski definition) is 5. The average Bonchev–Trinajstić information content (AvgIpc) is 3.12. The lowest BCUT2D eigenvalue weighted by Gasteiger charge is -2.08. The van der Waals surface area contributed by atoms with Crippen LogP contribution in [-0.2, 0) is 20.6 Å². The van der Waals surface area contributed by atoms with Crippen molar-refractivity contribution in [3.63, 3.8) is 0 Å². The molecular weight excluding hydrogens is 463 g/mol. The number of alkyl halides is 3. The molecule has 3 N–H and O–H groups in total. The molecule has 1 amide bonds. The molecule has 1 heterocycles. The first-order valence-electron chi connectivity index (χ1n) is 11.2. The summed E-state index contributed by atoms with van der Waals surface area (Å²) in [6.07, 6.45) is 3.98. The largest absolute Gasteiger partial charge is 0.490 e. The van der Waals surface area contributed by atoms with Crippen LogP contribution in [0, 0.1) is 0 Å². The molecule has 0 bridgehead atoms. The summed E-state index contributed by atoms with van der Waals surface area (Å²) in [6.45, 7) is -0.0667. The van der Waals surface area contributed by atoms with E-state index in [1.807, 2.05) is 0 Å². The van der Waals surface area contributed by atoms with Crippen molar-refractivity contribution in [3.8, 4) is 5.75 Å². The number of amides is 1. The minimum atomic E-state index is -4.57. The van der Waals surface area contributed by atoms with E-state index in [-0.39, 0.29) is 48.9 Å². The number of anilines is 1. The van der Waals surface area contributed by atoms with Crippen molar-refractivity contribution in [2.24, 2.45) is 0 Å². The Labute approximate surface area is 195 Å². The minimum Gasteiger partial charge on any atom is -0.490 e. The molecule has 7 nitrogen and oxygen atoms in total. The van der Waals surface area contributed by atoms with Gasteiger partial charge in [0.15, 0.2) is 5.75 Å². The number of nitrogens with one attached hydrogen (secondary N) is 1. The third-order valence-electron chi connectivity index (χ3n) is 4.82. The number of carbonyl (C=O) groups excluding carboxylic acids is 1. The topological polar surface area (TPSA) is 113 Å². The van der Waals surface area contributed by atoms with Gasteiger partial charge in [-0.15, -0.1) is 11.3 Å². The predicted octanol–water partition coefficient (Wildman–Crippen LogP) is 6.32. The maximum absolute atomic E-state index is 13.0. The van der Waals surface area contributed by atoms with E-state index in [2.05, 4.69) is 5.32 Å². The third-order valence-corrected chi connectivity index (χ3v) is 5.89. The molecule has 0 atom stereocenters. The van der Waals surface area contributed by atoms with Crippen LogP contribution in [0.1, 0.15) is 88.3 Å². The summed E-state index contributed by atoms with van der Waals surface area (Å²) in [5.41, 5.74) is 0. The molecule has 1 rings (SSSR count). The second kappa shape index (κ2) is 15.5. The number of halogens is 3. The van der Waals surface area contributed by atoms with Crippen LogP contribution in [0.15, 0.2) is 6.07 Å². The monoisotopic (exact) mass is 495 g/mol. The lowest BCUT2D eigenvalue weighted by atomic mass is 10.1. The number of hydrogen-bond donors (Lipinski definition) is 3. The van der Waals surface area contributed by atoms with E-state index in [1.54, 1.807) is 0 Å². The van der Waals surface area contributed by atoms with Crippen molar-refractivity contribution >= 4 is 34.2 Å². The van der Waals surface area contributed by atoms with Crippen molar-refractivity contribution in [1.82, 2.24) is 0 Å². The first-order chi connectivity index (χ1) is 15.6. The Balaban J connectivity index is 2.30. The SMILES string of the molecule is O=C(O)CCCCCCCCCCCC(=O)Nc1sc(C(F)(F)F)cc1OCCCC(=O)O. The van der Waals surface area contributed by atoms with Gasteiger partial charge in [0.25, 0.3) is 0 Å². The summed E-state index contributed by atoms with van der Waals surface area (Å²) in [5.74, 6) is -2.28. The zero-order chi connectivity index (χ0) is 24.7. The highest BCUT2D eigenvalue weighted by molar-refractivity contribution is 7.16. The number of carbonyl (C=O) groups is 3. The number of rotatable bonds is 18. The molecule has 11 heteroatoms. The molecule has 0 aromatic carbocycles. The van der Waals surface area contributed by atoms with Crippen LogP contribution in [0.5, 0.6) is 5.75 Å². The summed E-state index contributed by atoms with van der Waals surface area (Å²) in [4.78, 5) is 32.2. The Kier molecular flexibility index (Phi) is 13.5. The summed E-state index contributed by atoms with van der Waals surface area (Å²) in [6, 6.07) is 0.822. The van der Waals surface area contributed by atoms with Crippen LogP contribution in [0.4, 0.5) is 18.2 Å². The molecule has 0 radical (unpaired) electrons. The summed E-state index contributed by atoms with van der Waals surface area (Å²) in [5, 5.41) is 19.7. The minimum absolute atomic E-state index is 0.0226. The molecule has 0 aliphatic rings. The van der Waals surface area contributed by atoms with E-state index >= 15 is 0 Å². The second-order valence-corrected chi connectivity index (χ2v) is 8.82. The van der Waals surface area contributed by atoms with Gasteiger partial charge < -0.3 is 20.3 Å². The van der Waals surface area contributed by atoms with Gasteiger partial charge in [-0.2, -0.15) is 13.2 Å². The highest BCUT2D eigenvalue weighted by Gasteiger charge is 2.34. The quantitative estimate of drug-likeness (QED) is 0.205. The van der Waals surface area contributed by atoms with E-state index in [9.17, 15) is 27.6 Å². The standard InChI is InChI=1S/C22H32F3NO6S/c23-22(24,25)17-15-16(32-14-10-13-20(30)31)21(33-17)26-18(27)11-8-6-4-2-1-3-5-7-9-12-19(28)29/h15H,1-14H2,(H,26,27)(H,28,29)(H,30,31). The maximum atomic E-state index is 13.0. The van der Waals surface area contributed by atoms with Crippen LogP contribution in [0.3, 0.4) is 0 Å². The third kappa shape index (κ3) is 13.8. The number of thiophene rings is 1. The van der Waals surface area contributed by atoms with Gasteiger partial charge in [0, 0.05) is 25.3 Å². The average molecular weight is 496 g/mol. The fourth-order valence-corrected chi connectivity index (χ4v) is 3.99. The zero-order valence-electron chi connectivity index (χ0n) is 18.5.